The minimum absolute atomic E-state index is 0.0327. The summed E-state index contributed by atoms with van der Waals surface area (Å²) in [5.74, 6) is 0.0327. The maximum Gasteiger partial charge on any atom is 0.253 e. The van der Waals surface area contributed by atoms with Gasteiger partial charge in [0.05, 0.1) is 0 Å². The molecule has 0 saturated carbocycles. The fraction of sp³-hybridized carbons (Fsp3) is 0.235. The van der Waals surface area contributed by atoms with Crippen molar-refractivity contribution >= 4 is 11.6 Å². The quantitative estimate of drug-likeness (QED) is 0.922. The SMILES string of the molecule is CNc1cccc(C(=O)N(C)Cc2ccccc2C)c1. The van der Waals surface area contributed by atoms with Crippen LogP contribution in [0.3, 0.4) is 0 Å². The summed E-state index contributed by atoms with van der Waals surface area (Å²) in [5.41, 5.74) is 4.03. The van der Waals surface area contributed by atoms with Gasteiger partial charge in [-0.15, -0.1) is 0 Å². The molecule has 20 heavy (non-hydrogen) atoms. The second-order valence-corrected chi connectivity index (χ2v) is 4.92. The third kappa shape index (κ3) is 3.18. The highest BCUT2D eigenvalue weighted by Gasteiger charge is 2.13. The first kappa shape index (κ1) is 14.1. The average Bonchev–Trinajstić information content (AvgIpc) is 2.48. The van der Waals surface area contributed by atoms with Gasteiger partial charge in [0, 0.05) is 31.9 Å². The maximum absolute atomic E-state index is 12.4. The van der Waals surface area contributed by atoms with E-state index in [9.17, 15) is 4.79 Å². The first-order valence-electron chi connectivity index (χ1n) is 6.69. The third-order valence-corrected chi connectivity index (χ3v) is 3.41. The van der Waals surface area contributed by atoms with Crippen molar-refractivity contribution in [1.29, 1.82) is 0 Å². The molecule has 0 aliphatic heterocycles. The zero-order valence-corrected chi connectivity index (χ0v) is 12.2. The summed E-state index contributed by atoms with van der Waals surface area (Å²) in [7, 11) is 3.68. The molecule has 1 N–H and O–H groups in total. The molecule has 0 saturated heterocycles. The van der Waals surface area contributed by atoms with E-state index in [4.69, 9.17) is 0 Å². The van der Waals surface area contributed by atoms with Crippen LogP contribution in [0.5, 0.6) is 0 Å². The first-order valence-corrected chi connectivity index (χ1v) is 6.69. The molecule has 2 rings (SSSR count). The van der Waals surface area contributed by atoms with Crippen LogP contribution >= 0.6 is 0 Å². The van der Waals surface area contributed by atoms with Gasteiger partial charge in [0.25, 0.3) is 5.91 Å². The van der Waals surface area contributed by atoms with Gasteiger partial charge in [0.15, 0.2) is 0 Å². The molecule has 1 amide bonds. The minimum atomic E-state index is 0.0327. The third-order valence-electron chi connectivity index (χ3n) is 3.41. The number of nitrogens with zero attached hydrogens (tertiary/aromatic N) is 1. The fourth-order valence-electron chi connectivity index (χ4n) is 2.14. The normalized spacial score (nSPS) is 10.2. The molecule has 0 aromatic heterocycles. The van der Waals surface area contributed by atoms with Crippen LogP contribution in [0.2, 0.25) is 0 Å². The van der Waals surface area contributed by atoms with Crippen molar-refractivity contribution in [2.24, 2.45) is 0 Å². The van der Waals surface area contributed by atoms with Gasteiger partial charge in [-0.3, -0.25) is 4.79 Å². The van der Waals surface area contributed by atoms with Crippen LogP contribution in [0, 0.1) is 6.92 Å². The maximum atomic E-state index is 12.4. The van der Waals surface area contributed by atoms with Crippen LogP contribution in [0.4, 0.5) is 5.69 Å². The fourth-order valence-corrected chi connectivity index (χ4v) is 2.14. The number of hydrogen-bond acceptors (Lipinski definition) is 2. The van der Waals surface area contributed by atoms with Gasteiger partial charge in [-0.05, 0) is 36.2 Å². The second-order valence-electron chi connectivity index (χ2n) is 4.92. The lowest BCUT2D eigenvalue weighted by Crippen LogP contribution is -2.26. The standard InChI is InChI=1S/C17H20N2O/c1-13-7-4-5-8-15(13)12-19(3)17(20)14-9-6-10-16(11-14)18-2/h4-11,18H,12H2,1-3H3. The Morgan fingerprint density at radius 2 is 1.90 bits per heavy atom. The molecule has 0 spiro atoms. The summed E-state index contributed by atoms with van der Waals surface area (Å²) in [6.07, 6.45) is 0. The number of carbonyl (C=O) groups is 1. The monoisotopic (exact) mass is 268 g/mol. The van der Waals surface area contributed by atoms with Crippen molar-refractivity contribution in [1.82, 2.24) is 4.90 Å². The average molecular weight is 268 g/mol. The zero-order chi connectivity index (χ0) is 14.5. The molecule has 0 fully saturated rings. The Labute approximate surface area is 120 Å². The van der Waals surface area contributed by atoms with Crippen LogP contribution in [0.1, 0.15) is 21.5 Å². The summed E-state index contributed by atoms with van der Waals surface area (Å²) in [6.45, 7) is 2.69. The van der Waals surface area contributed by atoms with E-state index in [2.05, 4.69) is 24.4 Å². The van der Waals surface area contributed by atoms with Gasteiger partial charge in [-0.25, -0.2) is 0 Å². The number of aryl methyl sites for hydroxylation is 1. The van der Waals surface area contributed by atoms with E-state index >= 15 is 0 Å². The number of hydrogen-bond donors (Lipinski definition) is 1. The molecule has 0 heterocycles. The Bertz CT molecular complexity index is 607. The van der Waals surface area contributed by atoms with Crippen LogP contribution < -0.4 is 5.32 Å². The van der Waals surface area contributed by atoms with Crippen LogP contribution in [-0.4, -0.2) is 24.9 Å². The largest absolute Gasteiger partial charge is 0.388 e. The minimum Gasteiger partial charge on any atom is -0.388 e. The molecular weight excluding hydrogens is 248 g/mol. The number of nitrogens with one attached hydrogen (secondary N) is 1. The number of amides is 1. The van der Waals surface area contributed by atoms with Crippen molar-refractivity contribution in [3.8, 4) is 0 Å². The van der Waals surface area contributed by atoms with E-state index in [0.717, 1.165) is 5.69 Å². The zero-order valence-electron chi connectivity index (χ0n) is 12.2. The van der Waals surface area contributed by atoms with Crippen LogP contribution in [0.25, 0.3) is 0 Å². The van der Waals surface area contributed by atoms with E-state index in [0.29, 0.717) is 12.1 Å². The molecule has 2 aromatic rings. The molecular formula is C17H20N2O. The summed E-state index contributed by atoms with van der Waals surface area (Å²) in [5, 5.41) is 3.05. The topological polar surface area (TPSA) is 32.3 Å². The molecule has 0 atom stereocenters. The van der Waals surface area contributed by atoms with E-state index in [-0.39, 0.29) is 5.91 Å². The van der Waals surface area contributed by atoms with Crippen molar-refractivity contribution in [3.05, 3.63) is 65.2 Å². The van der Waals surface area contributed by atoms with Crippen LogP contribution in [-0.2, 0) is 6.54 Å². The Kier molecular flexibility index (Phi) is 4.41. The Hall–Kier alpha value is -2.29. The number of benzene rings is 2. The summed E-state index contributed by atoms with van der Waals surface area (Å²) in [4.78, 5) is 14.2. The highest BCUT2D eigenvalue weighted by Crippen LogP contribution is 2.14. The lowest BCUT2D eigenvalue weighted by atomic mass is 10.1. The molecule has 0 aliphatic carbocycles. The number of rotatable bonds is 4. The first-order chi connectivity index (χ1) is 9.61. The van der Waals surface area contributed by atoms with Gasteiger partial charge < -0.3 is 10.2 Å². The summed E-state index contributed by atoms with van der Waals surface area (Å²) >= 11 is 0. The second kappa shape index (κ2) is 6.24. The van der Waals surface area contributed by atoms with Crippen molar-refractivity contribution in [3.63, 3.8) is 0 Å². The van der Waals surface area contributed by atoms with E-state index in [1.165, 1.54) is 11.1 Å². The summed E-state index contributed by atoms with van der Waals surface area (Å²) in [6, 6.07) is 15.7. The van der Waals surface area contributed by atoms with Gasteiger partial charge in [0.1, 0.15) is 0 Å². The molecule has 0 unspecified atom stereocenters. The predicted molar refractivity (Wildman–Crippen MR) is 83.0 cm³/mol. The van der Waals surface area contributed by atoms with E-state index < -0.39 is 0 Å². The highest BCUT2D eigenvalue weighted by molar-refractivity contribution is 5.94. The summed E-state index contributed by atoms with van der Waals surface area (Å²) < 4.78 is 0. The molecule has 3 nitrogen and oxygen atoms in total. The van der Waals surface area contributed by atoms with E-state index in [1.807, 2.05) is 50.5 Å². The molecule has 0 radical (unpaired) electrons. The number of anilines is 1. The molecule has 0 bridgehead atoms. The van der Waals surface area contributed by atoms with Crippen molar-refractivity contribution in [2.45, 2.75) is 13.5 Å². The van der Waals surface area contributed by atoms with Crippen LogP contribution in [0.15, 0.2) is 48.5 Å². The molecule has 104 valence electrons. The lowest BCUT2D eigenvalue weighted by molar-refractivity contribution is 0.0785. The Balaban J connectivity index is 2.14. The lowest BCUT2D eigenvalue weighted by Gasteiger charge is -2.19. The number of carbonyl (C=O) groups excluding carboxylic acids is 1. The van der Waals surface area contributed by atoms with Gasteiger partial charge in [0.2, 0.25) is 0 Å². The molecule has 0 aliphatic rings. The highest BCUT2D eigenvalue weighted by atomic mass is 16.2. The molecule has 3 heteroatoms. The van der Waals surface area contributed by atoms with E-state index in [1.54, 1.807) is 4.90 Å². The van der Waals surface area contributed by atoms with Gasteiger partial charge in [-0.2, -0.15) is 0 Å². The molecule has 2 aromatic carbocycles. The van der Waals surface area contributed by atoms with Gasteiger partial charge >= 0.3 is 0 Å². The Morgan fingerprint density at radius 1 is 1.15 bits per heavy atom. The smallest absolute Gasteiger partial charge is 0.253 e. The Morgan fingerprint density at radius 3 is 2.60 bits per heavy atom. The predicted octanol–water partition coefficient (Wildman–Crippen LogP) is 3.31. The van der Waals surface area contributed by atoms with Gasteiger partial charge in [-0.1, -0.05) is 30.3 Å². The van der Waals surface area contributed by atoms with Crippen molar-refractivity contribution < 1.29 is 4.79 Å². The van der Waals surface area contributed by atoms with Crippen molar-refractivity contribution in [2.75, 3.05) is 19.4 Å².